The first-order valence-electron chi connectivity index (χ1n) is 4.28. The third-order valence-electron chi connectivity index (χ3n) is 2.03. The van der Waals surface area contributed by atoms with E-state index in [1.165, 1.54) is 5.56 Å². The summed E-state index contributed by atoms with van der Waals surface area (Å²) >= 11 is 9.39. The van der Waals surface area contributed by atoms with Crippen LogP contribution >= 0.6 is 27.5 Å². The fourth-order valence-corrected chi connectivity index (χ4v) is 1.73. The fourth-order valence-electron chi connectivity index (χ4n) is 1.31. The minimum absolute atomic E-state index is 0.742. The van der Waals surface area contributed by atoms with Crippen LogP contribution in [0, 0.1) is 0 Å². The molecule has 0 aromatic heterocycles. The van der Waals surface area contributed by atoms with Gasteiger partial charge >= 0.3 is 0 Å². The Morgan fingerprint density at radius 2 is 1.57 bits per heavy atom. The Balaban J connectivity index is 2.48. The molecule has 0 aliphatic rings. The lowest BCUT2D eigenvalue weighted by atomic mass is 10.1. The van der Waals surface area contributed by atoms with E-state index in [0.717, 1.165) is 15.1 Å². The third-order valence-corrected chi connectivity index (χ3v) is 3.26. The molecule has 2 aromatic carbocycles. The molecule has 0 fully saturated rings. The molecule has 70 valence electrons. The first-order valence-corrected chi connectivity index (χ1v) is 5.45. The maximum atomic E-state index is 6.02. The van der Waals surface area contributed by atoms with Crippen molar-refractivity contribution in [3.8, 4) is 11.1 Å². The van der Waals surface area contributed by atoms with Crippen LogP contribution in [0.5, 0.6) is 0 Å². The summed E-state index contributed by atoms with van der Waals surface area (Å²) in [5.74, 6) is 0. The van der Waals surface area contributed by atoms with Crippen molar-refractivity contribution in [2.75, 3.05) is 0 Å². The Morgan fingerprint density at radius 1 is 0.857 bits per heavy atom. The number of rotatable bonds is 1. The lowest BCUT2D eigenvalue weighted by Gasteiger charge is -2.02. The minimum Gasteiger partial charge on any atom is -0.0831 e. The molecule has 0 amide bonds. The van der Waals surface area contributed by atoms with E-state index < -0.39 is 0 Å². The highest BCUT2D eigenvalue weighted by molar-refractivity contribution is 9.10. The number of hydrogen-bond donors (Lipinski definition) is 0. The Kier molecular flexibility index (Phi) is 2.90. The van der Waals surface area contributed by atoms with Crippen molar-refractivity contribution in [1.29, 1.82) is 0 Å². The number of halogens is 2. The van der Waals surface area contributed by atoms with Gasteiger partial charge in [-0.15, -0.1) is 0 Å². The SMILES string of the molecule is Clc1cc(-c2ccccc2)ccc1Br. The van der Waals surface area contributed by atoms with E-state index >= 15 is 0 Å². The monoisotopic (exact) mass is 266 g/mol. The lowest BCUT2D eigenvalue weighted by Crippen LogP contribution is -1.77. The zero-order valence-corrected chi connectivity index (χ0v) is 9.72. The van der Waals surface area contributed by atoms with Gasteiger partial charge in [-0.3, -0.25) is 0 Å². The van der Waals surface area contributed by atoms with Crippen LogP contribution in [-0.4, -0.2) is 0 Å². The van der Waals surface area contributed by atoms with E-state index in [1.54, 1.807) is 0 Å². The largest absolute Gasteiger partial charge is 0.0831 e. The van der Waals surface area contributed by atoms with Gasteiger partial charge < -0.3 is 0 Å². The van der Waals surface area contributed by atoms with Crippen molar-refractivity contribution in [3.63, 3.8) is 0 Å². The standard InChI is InChI=1S/C12H8BrCl/c13-11-7-6-10(8-12(11)14)9-4-2-1-3-5-9/h1-8H. The van der Waals surface area contributed by atoms with Crippen molar-refractivity contribution >= 4 is 27.5 Å². The summed E-state index contributed by atoms with van der Waals surface area (Å²) in [6.45, 7) is 0. The topological polar surface area (TPSA) is 0 Å². The number of benzene rings is 2. The second-order valence-corrected chi connectivity index (χ2v) is 4.26. The molecule has 0 nitrogen and oxygen atoms in total. The van der Waals surface area contributed by atoms with E-state index in [4.69, 9.17) is 11.6 Å². The second kappa shape index (κ2) is 4.16. The average molecular weight is 268 g/mol. The maximum Gasteiger partial charge on any atom is 0.0554 e. The van der Waals surface area contributed by atoms with Crippen molar-refractivity contribution < 1.29 is 0 Å². The summed E-state index contributed by atoms with van der Waals surface area (Å²) in [6.07, 6.45) is 0. The molecule has 0 saturated carbocycles. The first-order chi connectivity index (χ1) is 6.77. The highest BCUT2D eigenvalue weighted by Crippen LogP contribution is 2.28. The molecule has 0 atom stereocenters. The van der Waals surface area contributed by atoms with Gasteiger partial charge in [-0.25, -0.2) is 0 Å². The van der Waals surface area contributed by atoms with E-state index in [-0.39, 0.29) is 0 Å². The van der Waals surface area contributed by atoms with Crippen LogP contribution in [0.4, 0.5) is 0 Å². The molecule has 0 N–H and O–H groups in total. The van der Waals surface area contributed by atoms with Crippen molar-refractivity contribution in [1.82, 2.24) is 0 Å². The summed E-state index contributed by atoms with van der Waals surface area (Å²) in [4.78, 5) is 0. The summed E-state index contributed by atoms with van der Waals surface area (Å²) < 4.78 is 0.929. The highest BCUT2D eigenvalue weighted by Gasteiger charge is 2.00. The predicted molar refractivity (Wildman–Crippen MR) is 64.6 cm³/mol. The Morgan fingerprint density at radius 3 is 2.21 bits per heavy atom. The summed E-state index contributed by atoms with van der Waals surface area (Å²) in [5.41, 5.74) is 2.32. The zero-order chi connectivity index (χ0) is 9.97. The van der Waals surface area contributed by atoms with Crippen LogP contribution in [0.15, 0.2) is 53.0 Å². The van der Waals surface area contributed by atoms with E-state index in [2.05, 4.69) is 28.1 Å². The van der Waals surface area contributed by atoms with Crippen LogP contribution in [0.3, 0.4) is 0 Å². The fraction of sp³-hybridized carbons (Fsp3) is 0. The Bertz CT molecular complexity index is 437. The van der Waals surface area contributed by atoms with Gasteiger partial charge in [-0.1, -0.05) is 48.0 Å². The van der Waals surface area contributed by atoms with Gasteiger partial charge in [0.25, 0.3) is 0 Å². The molecule has 0 radical (unpaired) electrons. The quantitative estimate of drug-likeness (QED) is 0.698. The van der Waals surface area contributed by atoms with Gasteiger partial charge in [0.2, 0.25) is 0 Å². The second-order valence-electron chi connectivity index (χ2n) is 2.99. The number of hydrogen-bond acceptors (Lipinski definition) is 0. The molecule has 2 rings (SSSR count). The Labute approximate surface area is 96.7 Å². The molecule has 2 aromatic rings. The van der Waals surface area contributed by atoms with Crippen LogP contribution in [0.2, 0.25) is 5.02 Å². The smallest absolute Gasteiger partial charge is 0.0554 e. The van der Waals surface area contributed by atoms with Crippen LogP contribution < -0.4 is 0 Å². The maximum absolute atomic E-state index is 6.02. The summed E-state index contributed by atoms with van der Waals surface area (Å²) in [7, 11) is 0. The van der Waals surface area contributed by atoms with Gasteiger partial charge in [0.15, 0.2) is 0 Å². The van der Waals surface area contributed by atoms with Gasteiger partial charge in [0.1, 0.15) is 0 Å². The molecule has 0 aliphatic carbocycles. The average Bonchev–Trinajstić information content (AvgIpc) is 2.23. The molecular weight excluding hydrogens is 259 g/mol. The van der Waals surface area contributed by atoms with Gasteiger partial charge in [-0.2, -0.15) is 0 Å². The van der Waals surface area contributed by atoms with Gasteiger partial charge in [0, 0.05) is 4.47 Å². The van der Waals surface area contributed by atoms with Crippen LogP contribution in [-0.2, 0) is 0 Å². The van der Waals surface area contributed by atoms with Crippen LogP contribution in [0.1, 0.15) is 0 Å². The molecule has 0 unspecified atom stereocenters. The summed E-state index contributed by atoms with van der Waals surface area (Å²) in [6, 6.07) is 16.1. The molecule has 0 bridgehead atoms. The van der Waals surface area contributed by atoms with Gasteiger partial charge in [-0.05, 0) is 39.2 Å². The zero-order valence-electron chi connectivity index (χ0n) is 7.37. The summed E-state index contributed by atoms with van der Waals surface area (Å²) in [5, 5.41) is 0.742. The molecule has 2 heteroatoms. The predicted octanol–water partition coefficient (Wildman–Crippen LogP) is 4.77. The highest BCUT2D eigenvalue weighted by atomic mass is 79.9. The van der Waals surface area contributed by atoms with Crippen molar-refractivity contribution in [2.24, 2.45) is 0 Å². The molecule has 14 heavy (non-hydrogen) atoms. The molecule has 0 spiro atoms. The third kappa shape index (κ3) is 1.99. The van der Waals surface area contributed by atoms with E-state index in [1.807, 2.05) is 36.4 Å². The van der Waals surface area contributed by atoms with E-state index in [0.29, 0.717) is 0 Å². The van der Waals surface area contributed by atoms with Crippen molar-refractivity contribution in [3.05, 3.63) is 58.0 Å². The Hall–Kier alpha value is -0.790. The minimum atomic E-state index is 0.742. The van der Waals surface area contributed by atoms with E-state index in [9.17, 15) is 0 Å². The molecular formula is C12H8BrCl. The lowest BCUT2D eigenvalue weighted by molar-refractivity contribution is 1.59. The van der Waals surface area contributed by atoms with Crippen LogP contribution in [0.25, 0.3) is 11.1 Å². The normalized spacial score (nSPS) is 10.1. The van der Waals surface area contributed by atoms with Gasteiger partial charge in [0.05, 0.1) is 5.02 Å². The van der Waals surface area contributed by atoms with Crippen molar-refractivity contribution in [2.45, 2.75) is 0 Å². The molecule has 0 saturated heterocycles. The molecule has 0 aliphatic heterocycles. The first kappa shape index (κ1) is 9.75. The molecule has 0 heterocycles.